The maximum absolute atomic E-state index is 11.8. The lowest BCUT2D eigenvalue weighted by molar-refractivity contribution is -0.671. The number of para-hydroxylation sites is 2. The van der Waals surface area contributed by atoms with Gasteiger partial charge in [-0.1, -0.05) is 31.2 Å². The molecule has 0 aliphatic rings. The normalized spacial score (nSPS) is 12.7. The highest BCUT2D eigenvalue weighted by Crippen LogP contribution is 2.23. The summed E-state index contributed by atoms with van der Waals surface area (Å²) < 4.78 is 72.1. The Balaban J connectivity index is 0.000000186. The molecule has 1 unspecified atom stereocenters. The minimum atomic E-state index is -4.19. The predicted molar refractivity (Wildman–Crippen MR) is 154 cm³/mol. The largest absolute Gasteiger partial charge is 0.497 e. The summed E-state index contributed by atoms with van der Waals surface area (Å²) in [5, 5.41) is 1.92. The summed E-state index contributed by atoms with van der Waals surface area (Å²) in [6, 6.07) is 26.8. The molecule has 40 heavy (non-hydrogen) atoms. The molecule has 0 spiro atoms. The van der Waals surface area contributed by atoms with Crippen LogP contribution in [0.25, 0.3) is 32.7 Å². The number of nitrogens with zero attached hydrogens (tertiary/aromatic N) is 2. The number of aromatic nitrogens is 2. The first-order valence-corrected chi connectivity index (χ1v) is 15.8. The third-order valence-electron chi connectivity index (χ3n) is 6.57. The second kappa shape index (κ2) is 12.3. The fraction of sp³-hybridized carbons (Fsp3) is 0.241. The van der Waals surface area contributed by atoms with E-state index in [0.29, 0.717) is 19.4 Å². The van der Waals surface area contributed by atoms with E-state index in [4.69, 9.17) is 9.29 Å². The quantitative estimate of drug-likeness (QED) is 0.156. The Hall–Kier alpha value is -3.64. The zero-order chi connectivity index (χ0) is 28.9. The Morgan fingerprint density at radius 3 is 1.90 bits per heavy atom. The predicted octanol–water partition coefficient (Wildman–Crippen LogP) is 4.49. The number of rotatable bonds is 8. The maximum Gasteiger partial charge on any atom is 0.329 e. The van der Waals surface area contributed by atoms with Crippen molar-refractivity contribution in [2.45, 2.75) is 31.7 Å². The van der Waals surface area contributed by atoms with Gasteiger partial charge in [0.1, 0.15) is 12.3 Å². The van der Waals surface area contributed by atoms with Crippen LogP contribution >= 0.6 is 0 Å². The number of fused-ring (bicyclic) bond motifs is 3. The molecule has 210 valence electrons. The first kappa shape index (κ1) is 29.3. The van der Waals surface area contributed by atoms with E-state index in [1.165, 1.54) is 0 Å². The fourth-order valence-corrected chi connectivity index (χ4v) is 6.20. The van der Waals surface area contributed by atoms with Crippen LogP contribution in [0.3, 0.4) is 0 Å². The molecule has 5 rings (SSSR count). The standard InChI is InChI=1S/C16H15NO3S.C13H15NO4S/c1-2-16(21(18,19)20)17-14-9-5-3-7-12(14)11-13-8-4-6-10-15(13)17;1-18-12-5-6-13-11(10-12)4-2-7-14(13)8-3-9-19(15,16)17/h3-11,16H,2H2,1H3;2,4-7,10H,3,8-9H2,1H3/p+2. The number of methoxy groups -OCH3 is 1. The van der Waals surface area contributed by atoms with Crippen molar-refractivity contribution >= 4 is 52.9 Å². The molecule has 0 aliphatic carbocycles. The van der Waals surface area contributed by atoms with E-state index in [2.05, 4.69) is 0 Å². The second-order valence-corrected chi connectivity index (χ2v) is 12.4. The van der Waals surface area contributed by atoms with Gasteiger partial charge in [0.05, 0.1) is 18.2 Å². The van der Waals surface area contributed by atoms with E-state index in [0.717, 1.165) is 38.5 Å². The Bertz CT molecular complexity index is 1820. The molecule has 9 nitrogen and oxygen atoms in total. The highest BCUT2D eigenvalue weighted by molar-refractivity contribution is 7.85. The summed E-state index contributed by atoms with van der Waals surface area (Å²) in [6.45, 7) is 2.28. The Morgan fingerprint density at radius 1 is 0.775 bits per heavy atom. The molecule has 0 radical (unpaired) electrons. The summed E-state index contributed by atoms with van der Waals surface area (Å²) in [5.41, 5.74) is 2.58. The Labute approximate surface area is 233 Å². The van der Waals surface area contributed by atoms with Crippen LogP contribution in [0.2, 0.25) is 0 Å². The van der Waals surface area contributed by atoms with Crippen molar-refractivity contribution in [1.82, 2.24) is 0 Å². The molecular formula is C29H32N2O7S2+2. The van der Waals surface area contributed by atoms with Crippen molar-refractivity contribution in [2.24, 2.45) is 0 Å². The van der Waals surface area contributed by atoms with Gasteiger partial charge in [0.15, 0.2) is 6.20 Å². The van der Waals surface area contributed by atoms with E-state index >= 15 is 0 Å². The first-order valence-electron chi connectivity index (χ1n) is 12.7. The van der Waals surface area contributed by atoms with Gasteiger partial charge < -0.3 is 4.74 Å². The van der Waals surface area contributed by atoms with Crippen LogP contribution in [0.5, 0.6) is 5.75 Å². The van der Waals surface area contributed by atoms with Crippen molar-refractivity contribution in [2.75, 3.05) is 12.9 Å². The van der Waals surface area contributed by atoms with Gasteiger partial charge in [-0.15, -0.1) is 0 Å². The maximum atomic E-state index is 11.8. The van der Waals surface area contributed by atoms with Crippen LogP contribution < -0.4 is 13.9 Å². The van der Waals surface area contributed by atoms with Crippen LogP contribution in [0.1, 0.15) is 25.1 Å². The number of hydrogen-bond acceptors (Lipinski definition) is 5. The second-order valence-electron chi connectivity index (χ2n) is 9.28. The van der Waals surface area contributed by atoms with Crippen molar-refractivity contribution < 1.29 is 39.8 Å². The Morgan fingerprint density at radius 2 is 1.35 bits per heavy atom. The molecule has 0 saturated heterocycles. The molecule has 0 saturated carbocycles. The van der Waals surface area contributed by atoms with E-state index in [1.807, 2.05) is 95.7 Å². The molecule has 3 aromatic carbocycles. The van der Waals surface area contributed by atoms with Crippen LogP contribution in [0.15, 0.2) is 91.1 Å². The summed E-state index contributed by atoms with van der Waals surface area (Å²) in [6.07, 6.45) is 2.55. The molecule has 0 amide bonds. The number of pyridine rings is 2. The summed E-state index contributed by atoms with van der Waals surface area (Å²) in [5.74, 6) is 0.551. The average molecular weight is 585 g/mol. The summed E-state index contributed by atoms with van der Waals surface area (Å²) in [4.78, 5) is 0. The monoisotopic (exact) mass is 584 g/mol. The number of aryl methyl sites for hydroxylation is 1. The van der Waals surface area contributed by atoms with Crippen molar-refractivity contribution in [1.29, 1.82) is 0 Å². The molecule has 0 bridgehead atoms. The molecule has 2 heterocycles. The van der Waals surface area contributed by atoms with Gasteiger partial charge in [-0.3, -0.25) is 9.11 Å². The topological polar surface area (TPSA) is 126 Å². The van der Waals surface area contributed by atoms with Crippen LogP contribution in [-0.4, -0.2) is 38.8 Å². The number of hydrogen-bond donors (Lipinski definition) is 2. The molecule has 0 aliphatic heterocycles. The zero-order valence-corrected chi connectivity index (χ0v) is 23.8. The van der Waals surface area contributed by atoms with Gasteiger partial charge in [-0.2, -0.15) is 26.0 Å². The lowest BCUT2D eigenvalue weighted by atomic mass is 10.1. The van der Waals surface area contributed by atoms with Crippen molar-refractivity contribution in [3.05, 3.63) is 91.1 Å². The highest BCUT2D eigenvalue weighted by atomic mass is 32.2. The van der Waals surface area contributed by atoms with E-state index in [1.54, 1.807) is 18.6 Å². The minimum absolute atomic E-state index is 0.230. The van der Waals surface area contributed by atoms with Gasteiger partial charge in [-0.25, -0.2) is 0 Å². The molecule has 11 heteroatoms. The fourth-order valence-electron chi connectivity index (χ4n) is 4.79. The summed E-state index contributed by atoms with van der Waals surface area (Å²) >= 11 is 0. The van der Waals surface area contributed by atoms with Crippen LogP contribution in [-0.2, 0) is 26.8 Å². The van der Waals surface area contributed by atoms with Gasteiger partial charge >= 0.3 is 10.1 Å². The lowest BCUT2D eigenvalue weighted by Crippen LogP contribution is -2.44. The number of ether oxygens (including phenoxy) is 1. The van der Waals surface area contributed by atoms with Gasteiger partial charge in [0.25, 0.3) is 15.5 Å². The van der Waals surface area contributed by atoms with E-state index < -0.39 is 25.6 Å². The van der Waals surface area contributed by atoms with E-state index in [-0.39, 0.29) is 5.75 Å². The Kier molecular flexibility index (Phi) is 8.99. The molecule has 0 fully saturated rings. The minimum Gasteiger partial charge on any atom is -0.497 e. The SMILES string of the molecule is CCC([n+]1c2ccccc2cc2ccccc21)S(=O)(=O)O.COc1ccc2c(ccc[n+]2CCCS(=O)(=O)O)c1. The smallest absolute Gasteiger partial charge is 0.329 e. The first-order chi connectivity index (χ1) is 19.0. The average Bonchev–Trinajstić information content (AvgIpc) is 2.92. The lowest BCUT2D eigenvalue weighted by Gasteiger charge is -2.12. The molecule has 2 N–H and O–H groups in total. The van der Waals surface area contributed by atoms with Gasteiger partial charge in [-0.05, 0) is 36.4 Å². The van der Waals surface area contributed by atoms with Crippen LogP contribution in [0.4, 0.5) is 0 Å². The third-order valence-corrected chi connectivity index (χ3v) is 8.61. The zero-order valence-electron chi connectivity index (χ0n) is 22.2. The molecule has 2 aromatic heterocycles. The van der Waals surface area contributed by atoms with Crippen LogP contribution in [0, 0.1) is 0 Å². The van der Waals surface area contributed by atoms with Crippen molar-refractivity contribution in [3.63, 3.8) is 0 Å². The molecule has 1 atom stereocenters. The van der Waals surface area contributed by atoms with Gasteiger partial charge in [0.2, 0.25) is 16.6 Å². The molecule has 5 aromatic rings. The van der Waals surface area contributed by atoms with Crippen molar-refractivity contribution in [3.8, 4) is 5.75 Å². The number of benzene rings is 3. The third kappa shape index (κ3) is 6.92. The van der Waals surface area contributed by atoms with E-state index in [9.17, 15) is 21.4 Å². The summed E-state index contributed by atoms with van der Waals surface area (Å²) in [7, 11) is -6.46. The van der Waals surface area contributed by atoms with Gasteiger partial charge in [0, 0.05) is 47.9 Å². The highest BCUT2D eigenvalue weighted by Gasteiger charge is 2.34. The molecular weight excluding hydrogens is 552 g/mol.